The monoisotopic (exact) mass is 242 g/mol. The molecule has 0 aliphatic rings. The van der Waals surface area contributed by atoms with Gasteiger partial charge in [-0.25, -0.2) is 0 Å². The van der Waals surface area contributed by atoms with Crippen molar-refractivity contribution in [3.63, 3.8) is 0 Å². The first-order valence-electron chi connectivity index (χ1n) is 4.06. The Hall–Kier alpha value is -1.40. The van der Waals surface area contributed by atoms with Gasteiger partial charge in [0.2, 0.25) is 11.2 Å². The molecular weight excluding hydrogens is 236 g/mol. The fourth-order valence-electron chi connectivity index (χ4n) is 0.941. The first-order valence-corrected chi connectivity index (χ1v) is 5.32. The molecule has 2 heterocycles. The molecule has 5 nitrogen and oxygen atoms in total. The summed E-state index contributed by atoms with van der Waals surface area (Å²) in [7, 11) is 0. The summed E-state index contributed by atoms with van der Waals surface area (Å²) in [5, 5.41) is 2.00. The molecule has 0 unspecified atom stereocenters. The molecule has 0 aromatic carbocycles. The van der Waals surface area contributed by atoms with E-state index in [1.54, 1.807) is 11.3 Å². The normalized spacial score (nSPS) is 10.2. The van der Waals surface area contributed by atoms with E-state index in [2.05, 4.69) is 15.0 Å². The van der Waals surface area contributed by atoms with Crippen LogP contribution in [0, 0.1) is 0 Å². The molecule has 2 aromatic heterocycles. The van der Waals surface area contributed by atoms with Crippen molar-refractivity contribution in [2.75, 3.05) is 5.73 Å². The third-order valence-corrected chi connectivity index (χ3v) is 2.55. The van der Waals surface area contributed by atoms with E-state index < -0.39 is 0 Å². The molecule has 0 aliphatic carbocycles. The number of nitrogens with two attached hydrogens (primary N) is 1. The van der Waals surface area contributed by atoms with Gasteiger partial charge < -0.3 is 10.5 Å². The molecule has 78 valence electrons. The molecule has 0 saturated heterocycles. The first kappa shape index (κ1) is 10.1. The Morgan fingerprint density at radius 1 is 1.40 bits per heavy atom. The third kappa shape index (κ3) is 2.77. The van der Waals surface area contributed by atoms with Crippen molar-refractivity contribution in [1.82, 2.24) is 15.0 Å². The summed E-state index contributed by atoms with van der Waals surface area (Å²) in [4.78, 5) is 12.3. The summed E-state index contributed by atoms with van der Waals surface area (Å²) < 4.78 is 5.30. The summed E-state index contributed by atoms with van der Waals surface area (Å²) >= 11 is 7.18. The maximum atomic E-state index is 5.59. The lowest BCUT2D eigenvalue weighted by Gasteiger charge is -2.02. The molecular formula is C8H7ClN4OS. The van der Waals surface area contributed by atoms with Gasteiger partial charge in [-0.3, -0.25) is 0 Å². The van der Waals surface area contributed by atoms with Gasteiger partial charge in [0.25, 0.3) is 0 Å². The third-order valence-electron chi connectivity index (χ3n) is 1.53. The van der Waals surface area contributed by atoms with E-state index in [9.17, 15) is 0 Å². The van der Waals surface area contributed by atoms with Gasteiger partial charge in [-0.15, -0.1) is 11.3 Å². The lowest BCUT2D eigenvalue weighted by atomic mass is 10.5. The van der Waals surface area contributed by atoms with Crippen LogP contribution < -0.4 is 10.5 Å². The zero-order chi connectivity index (χ0) is 10.7. The molecule has 15 heavy (non-hydrogen) atoms. The second-order valence-electron chi connectivity index (χ2n) is 2.61. The number of anilines is 1. The topological polar surface area (TPSA) is 73.9 Å². The number of thiophene rings is 1. The lowest BCUT2D eigenvalue weighted by molar-refractivity contribution is 0.283. The molecule has 0 atom stereocenters. The average molecular weight is 243 g/mol. The van der Waals surface area contributed by atoms with Crippen molar-refractivity contribution in [3.8, 4) is 6.01 Å². The molecule has 0 bridgehead atoms. The Labute approximate surface area is 94.9 Å². The van der Waals surface area contributed by atoms with Crippen LogP contribution in [0.25, 0.3) is 0 Å². The molecule has 0 spiro atoms. The highest BCUT2D eigenvalue weighted by atomic mass is 35.5. The van der Waals surface area contributed by atoms with Crippen molar-refractivity contribution in [2.24, 2.45) is 0 Å². The highest BCUT2D eigenvalue weighted by Gasteiger charge is 2.03. The molecule has 0 fully saturated rings. The Kier molecular flexibility index (Phi) is 2.98. The first-order chi connectivity index (χ1) is 7.24. The largest absolute Gasteiger partial charge is 0.458 e. The quantitative estimate of drug-likeness (QED) is 0.888. The van der Waals surface area contributed by atoms with Crippen molar-refractivity contribution in [1.29, 1.82) is 0 Å². The van der Waals surface area contributed by atoms with Crippen LogP contribution in [0.5, 0.6) is 6.01 Å². The minimum atomic E-state index is 0.0312. The second-order valence-corrected chi connectivity index (χ2v) is 3.98. The minimum absolute atomic E-state index is 0.0312. The van der Waals surface area contributed by atoms with Crippen LogP contribution >= 0.6 is 22.9 Å². The number of ether oxygens (including phenoxy) is 1. The van der Waals surface area contributed by atoms with Gasteiger partial charge in [0.15, 0.2) is 0 Å². The van der Waals surface area contributed by atoms with Crippen molar-refractivity contribution < 1.29 is 4.74 Å². The average Bonchev–Trinajstić information content (AvgIpc) is 2.65. The Bertz CT molecular complexity index is 428. The van der Waals surface area contributed by atoms with Crippen LogP contribution in [-0.4, -0.2) is 15.0 Å². The van der Waals surface area contributed by atoms with Crippen molar-refractivity contribution in [2.45, 2.75) is 6.61 Å². The SMILES string of the molecule is Nc1nc(Cl)nc(OCc2cccs2)n1. The Morgan fingerprint density at radius 3 is 2.93 bits per heavy atom. The van der Waals surface area contributed by atoms with Gasteiger partial charge in [0, 0.05) is 4.88 Å². The van der Waals surface area contributed by atoms with E-state index in [0.29, 0.717) is 6.61 Å². The fourth-order valence-corrected chi connectivity index (χ4v) is 1.72. The van der Waals surface area contributed by atoms with Crippen LogP contribution in [0.2, 0.25) is 5.28 Å². The molecule has 2 N–H and O–H groups in total. The predicted molar refractivity (Wildman–Crippen MR) is 57.9 cm³/mol. The Morgan fingerprint density at radius 2 is 2.27 bits per heavy atom. The smallest absolute Gasteiger partial charge is 0.322 e. The van der Waals surface area contributed by atoms with Gasteiger partial charge in [-0.05, 0) is 23.0 Å². The van der Waals surface area contributed by atoms with Crippen LogP contribution in [0.15, 0.2) is 17.5 Å². The van der Waals surface area contributed by atoms with Gasteiger partial charge in [-0.2, -0.15) is 15.0 Å². The lowest BCUT2D eigenvalue weighted by Crippen LogP contribution is -2.03. The maximum absolute atomic E-state index is 5.59. The number of rotatable bonds is 3. The fraction of sp³-hybridized carbons (Fsp3) is 0.125. The zero-order valence-electron chi connectivity index (χ0n) is 7.55. The zero-order valence-corrected chi connectivity index (χ0v) is 9.13. The predicted octanol–water partition coefficient (Wildman–Crippen LogP) is 1.75. The number of nitrogen functional groups attached to an aromatic ring is 1. The van der Waals surface area contributed by atoms with Gasteiger partial charge in [0.05, 0.1) is 0 Å². The molecule has 0 radical (unpaired) electrons. The number of nitrogens with zero attached hydrogens (tertiary/aromatic N) is 3. The van der Waals surface area contributed by atoms with E-state index in [4.69, 9.17) is 22.1 Å². The molecule has 7 heteroatoms. The van der Waals surface area contributed by atoms with Crippen molar-refractivity contribution in [3.05, 3.63) is 27.7 Å². The number of hydrogen-bond donors (Lipinski definition) is 1. The van der Waals surface area contributed by atoms with Crippen LogP contribution in [0.4, 0.5) is 5.95 Å². The number of halogens is 1. The van der Waals surface area contributed by atoms with Gasteiger partial charge in [-0.1, -0.05) is 6.07 Å². The Balaban J connectivity index is 2.05. The summed E-state index contributed by atoms with van der Waals surface area (Å²) in [5.41, 5.74) is 5.38. The highest BCUT2D eigenvalue weighted by molar-refractivity contribution is 7.09. The highest BCUT2D eigenvalue weighted by Crippen LogP contribution is 2.13. The van der Waals surface area contributed by atoms with Crippen LogP contribution in [-0.2, 0) is 6.61 Å². The number of hydrogen-bond acceptors (Lipinski definition) is 6. The van der Waals surface area contributed by atoms with Crippen LogP contribution in [0.1, 0.15) is 4.88 Å². The minimum Gasteiger partial charge on any atom is -0.458 e. The molecule has 2 rings (SSSR count). The van der Waals surface area contributed by atoms with Gasteiger partial charge >= 0.3 is 6.01 Å². The van der Waals surface area contributed by atoms with E-state index in [-0.39, 0.29) is 17.2 Å². The summed E-state index contributed by atoms with van der Waals surface area (Å²) in [6, 6.07) is 4.04. The standard InChI is InChI=1S/C8H7ClN4OS/c9-6-11-7(10)13-8(12-6)14-4-5-2-1-3-15-5/h1-3H,4H2,(H2,10,11,12,13). The number of aromatic nitrogens is 3. The second kappa shape index (κ2) is 4.41. The maximum Gasteiger partial charge on any atom is 0.322 e. The van der Waals surface area contributed by atoms with E-state index >= 15 is 0 Å². The van der Waals surface area contributed by atoms with E-state index in [1.807, 2.05) is 17.5 Å². The molecule has 0 saturated carbocycles. The molecule has 2 aromatic rings. The molecule has 0 aliphatic heterocycles. The summed E-state index contributed by atoms with van der Waals surface area (Å²) in [5.74, 6) is 0.0520. The van der Waals surface area contributed by atoms with Gasteiger partial charge in [0.1, 0.15) is 6.61 Å². The van der Waals surface area contributed by atoms with E-state index in [1.165, 1.54) is 0 Å². The van der Waals surface area contributed by atoms with Crippen LogP contribution in [0.3, 0.4) is 0 Å². The summed E-state index contributed by atoms with van der Waals surface area (Å²) in [6.07, 6.45) is 0. The van der Waals surface area contributed by atoms with E-state index in [0.717, 1.165) is 4.88 Å². The summed E-state index contributed by atoms with van der Waals surface area (Å²) in [6.45, 7) is 0.400. The molecule has 0 amide bonds. The van der Waals surface area contributed by atoms with Crippen molar-refractivity contribution >= 4 is 28.9 Å².